The summed E-state index contributed by atoms with van der Waals surface area (Å²) in [5.41, 5.74) is 0.829. The van der Waals surface area contributed by atoms with Gasteiger partial charge in [-0.05, 0) is 39.0 Å². The first kappa shape index (κ1) is 11.7. The van der Waals surface area contributed by atoms with E-state index in [0.29, 0.717) is 6.02 Å². The minimum absolute atomic E-state index is 0.0735. The van der Waals surface area contributed by atoms with Gasteiger partial charge in [-0.1, -0.05) is 18.2 Å². The van der Waals surface area contributed by atoms with Gasteiger partial charge in [-0.15, -0.1) is 0 Å². The van der Waals surface area contributed by atoms with Gasteiger partial charge in [0.05, 0.1) is 11.2 Å². The van der Waals surface area contributed by atoms with E-state index in [1.165, 1.54) is 0 Å². The molecule has 0 spiro atoms. The fourth-order valence-electron chi connectivity index (χ4n) is 1.79. The van der Waals surface area contributed by atoms with Crippen molar-refractivity contribution in [3.63, 3.8) is 0 Å². The lowest BCUT2D eigenvalue weighted by atomic mass is 10.0. The van der Waals surface area contributed by atoms with E-state index in [0.717, 1.165) is 11.4 Å². The Balaban J connectivity index is 2.35. The van der Waals surface area contributed by atoms with E-state index in [-0.39, 0.29) is 5.54 Å². The molecule has 0 radical (unpaired) electrons. The molecule has 0 aromatic heterocycles. The van der Waals surface area contributed by atoms with E-state index in [1.807, 2.05) is 49.2 Å². The van der Waals surface area contributed by atoms with Crippen LogP contribution in [-0.2, 0) is 4.74 Å². The maximum absolute atomic E-state index is 5.68. The van der Waals surface area contributed by atoms with Crippen LogP contribution in [0.5, 0.6) is 0 Å². The average Bonchev–Trinajstić information content (AvgIpc) is 2.26. The fourth-order valence-corrected chi connectivity index (χ4v) is 1.79. The van der Waals surface area contributed by atoms with Crippen LogP contribution < -0.4 is 0 Å². The fraction of sp³-hybridized carbons (Fsp3) is 0.357. The number of aliphatic imine (C=N–C) groups is 1. The molecule has 17 heavy (non-hydrogen) atoms. The Morgan fingerprint density at radius 2 is 1.82 bits per heavy atom. The van der Waals surface area contributed by atoms with Crippen LogP contribution in [0.3, 0.4) is 0 Å². The monoisotopic (exact) mass is 230 g/mol. The van der Waals surface area contributed by atoms with Gasteiger partial charge in [0.15, 0.2) is 0 Å². The van der Waals surface area contributed by atoms with E-state index in [2.05, 4.69) is 24.9 Å². The maximum atomic E-state index is 5.68. The third kappa shape index (κ3) is 2.49. The molecule has 0 bridgehead atoms. The van der Waals surface area contributed by atoms with Crippen molar-refractivity contribution in [3.8, 4) is 0 Å². The summed E-state index contributed by atoms with van der Waals surface area (Å²) in [5.74, 6) is 0.891. The Morgan fingerprint density at radius 1 is 1.18 bits per heavy atom. The van der Waals surface area contributed by atoms with E-state index < -0.39 is 0 Å². The van der Waals surface area contributed by atoms with E-state index in [4.69, 9.17) is 4.74 Å². The van der Waals surface area contributed by atoms with E-state index in [9.17, 15) is 0 Å². The lowest BCUT2D eigenvalue weighted by Crippen LogP contribution is -2.47. The van der Waals surface area contributed by atoms with Crippen LogP contribution in [0, 0.1) is 0 Å². The number of hydrogen-bond acceptors (Lipinski definition) is 2. The van der Waals surface area contributed by atoms with Gasteiger partial charge in [0, 0.05) is 7.05 Å². The van der Waals surface area contributed by atoms with Crippen molar-refractivity contribution in [1.29, 1.82) is 0 Å². The van der Waals surface area contributed by atoms with Crippen LogP contribution in [0.15, 0.2) is 47.2 Å². The first-order valence-corrected chi connectivity index (χ1v) is 5.74. The largest absolute Gasteiger partial charge is 0.431 e. The second kappa shape index (κ2) is 4.24. The first-order valence-electron chi connectivity index (χ1n) is 5.74. The predicted octanol–water partition coefficient (Wildman–Crippen LogP) is 3.32. The van der Waals surface area contributed by atoms with E-state index >= 15 is 0 Å². The second-order valence-corrected chi connectivity index (χ2v) is 4.80. The Labute approximate surface area is 102 Å². The van der Waals surface area contributed by atoms with Gasteiger partial charge in [-0.2, -0.15) is 4.99 Å². The molecule has 0 aliphatic carbocycles. The second-order valence-electron chi connectivity index (χ2n) is 4.80. The molecule has 1 heterocycles. The molecule has 0 N–H and O–H groups in total. The van der Waals surface area contributed by atoms with E-state index in [1.54, 1.807) is 0 Å². The van der Waals surface area contributed by atoms with Crippen molar-refractivity contribution < 1.29 is 4.74 Å². The molecule has 3 nitrogen and oxygen atoms in total. The average molecular weight is 230 g/mol. The molecule has 1 aromatic rings. The first-order chi connectivity index (χ1) is 7.99. The van der Waals surface area contributed by atoms with Crippen LogP contribution >= 0.6 is 0 Å². The Kier molecular flexibility index (Phi) is 2.92. The zero-order valence-corrected chi connectivity index (χ0v) is 10.8. The van der Waals surface area contributed by atoms with Crippen molar-refractivity contribution in [2.45, 2.75) is 26.3 Å². The molecule has 0 unspecified atom stereocenters. The normalized spacial score (nSPS) is 21.1. The zero-order valence-electron chi connectivity index (χ0n) is 10.8. The summed E-state index contributed by atoms with van der Waals surface area (Å²) >= 11 is 0. The number of allylic oxidation sites excluding steroid dienone is 1. The zero-order chi connectivity index (χ0) is 12.5. The molecular formula is C14H18N2O. The third-order valence-corrected chi connectivity index (χ3v) is 2.94. The standard InChI is InChI=1S/C14H18N2O/c1-11-10-14(2,3)16(4)13(17-11)15-12-8-6-5-7-9-12/h5-10H,1-4H3. The topological polar surface area (TPSA) is 24.8 Å². The van der Waals surface area contributed by atoms with Crippen LogP contribution in [0.4, 0.5) is 5.69 Å². The number of rotatable bonds is 1. The summed E-state index contributed by atoms with van der Waals surface area (Å²) in [4.78, 5) is 6.56. The van der Waals surface area contributed by atoms with Gasteiger partial charge < -0.3 is 9.64 Å². The smallest absolute Gasteiger partial charge is 0.298 e. The van der Waals surface area contributed by atoms with Gasteiger partial charge in [0.25, 0.3) is 6.02 Å². The predicted molar refractivity (Wildman–Crippen MR) is 70.2 cm³/mol. The molecule has 0 fully saturated rings. The number of hydrogen-bond donors (Lipinski definition) is 0. The highest BCUT2D eigenvalue weighted by molar-refractivity contribution is 5.80. The molecular weight excluding hydrogens is 212 g/mol. The highest BCUT2D eigenvalue weighted by Crippen LogP contribution is 2.25. The molecule has 1 aromatic carbocycles. The molecule has 3 heteroatoms. The Hall–Kier alpha value is -1.77. The highest BCUT2D eigenvalue weighted by Gasteiger charge is 2.30. The maximum Gasteiger partial charge on any atom is 0.298 e. The number of amidine groups is 1. The molecule has 0 atom stereocenters. The molecule has 0 saturated heterocycles. The Bertz CT molecular complexity index is 460. The van der Waals surface area contributed by atoms with Crippen molar-refractivity contribution >= 4 is 11.7 Å². The van der Waals surface area contributed by atoms with Crippen LogP contribution in [0.25, 0.3) is 0 Å². The summed E-state index contributed by atoms with van der Waals surface area (Å²) in [5, 5.41) is 0. The number of ether oxygens (including phenoxy) is 1. The van der Waals surface area contributed by atoms with Crippen molar-refractivity contribution in [3.05, 3.63) is 42.2 Å². The summed E-state index contributed by atoms with van der Waals surface area (Å²) in [6.07, 6.45) is 2.09. The molecule has 0 saturated carbocycles. The number of nitrogens with zero attached hydrogens (tertiary/aromatic N) is 2. The summed E-state index contributed by atoms with van der Waals surface area (Å²) < 4.78 is 5.68. The van der Waals surface area contributed by atoms with Crippen LogP contribution in [0.2, 0.25) is 0 Å². The molecule has 2 rings (SSSR count). The molecule has 0 amide bonds. The van der Waals surface area contributed by atoms with Gasteiger partial charge >= 0.3 is 0 Å². The lowest BCUT2D eigenvalue weighted by Gasteiger charge is -2.38. The van der Waals surface area contributed by atoms with Gasteiger partial charge in [-0.25, -0.2) is 0 Å². The number of likely N-dealkylation sites (N-methyl/N-ethyl adjacent to an activating group) is 1. The minimum atomic E-state index is -0.0735. The Morgan fingerprint density at radius 3 is 2.47 bits per heavy atom. The van der Waals surface area contributed by atoms with Gasteiger partial charge in [0.2, 0.25) is 0 Å². The minimum Gasteiger partial charge on any atom is -0.431 e. The van der Waals surface area contributed by atoms with Gasteiger partial charge in [-0.3, -0.25) is 0 Å². The quantitative estimate of drug-likeness (QED) is 0.739. The lowest BCUT2D eigenvalue weighted by molar-refractivity contribution is 0.207. The molecule has 1 aliphatic heterocycles. The SMILES string of the molecule is CC1=CC(C)(C)N(C)C(=Nc2ccccc2)O1. The van der Waals surface area contributed by atoms with Crippen molar-refractivity contribution in [2.75, 3.05) is 7.05 Å². The van der Waals surface area contributed by atoms with Gasteiger partial charge in [0.1, 0.15) is 5.76 Å². The van der Waals surface area contributed by atoms with Crippen LogP contribution in [-0.4, -0.2) is 23.5 Å². The number of benzene rings is 1. The highest BCUT2D eigenvalue weighted by atomic mass is 16.5. The van der Waals surface area contributed by atoms with Crippen molar-refractivity contribution in [1.82, 2.24) is 4.90 Å². The number of para-hydroxylation sites is 1. The van der Waals surface area contributed by atoms with Crippen LogP contribution in [0.1, 0.15) is 20.8 Å². The van der Waals surface area contributed by atoms with Crippen molar-refractivity contribution in [2.24, 2.45) is 4.99 Å². The molecule has 90 valence electrons. The summed E-state index contributed by atoms with van der Waals surface area (Å²) in [7, 11) is 1.99. The molecule has 1 aliphatic rings. The summed E-state index contributed by atoms with van der Waals surface area (Å²) in [6, 6.07) is 10.5. The third-order valence-electron chi connectivity index (χ3n) is 2.94. The summed E-state index contributed by atoms with van der Waals surface area (Å²) in [6.45, 7) is 6.23.